The first-order chi connectivity index (χ1) is 10.6. The van der Waals surface area contributed by atoms with Gasteiger partial charge in [-0.05, 0) is 69.2 Å². The number of Topliss-reactive ketones (excluding diaryl/α,β-unsaturated/α-hetero) is 1. The van der Waals surface area contributed by atoms with E-state index in [9.17, 15) is 4.79 Å². The molecule has 0 spiro atoms. The Bertz CT molecular complexity index is 507. The Morgan fingerprint density at radius 3 is 2.45 bits per heavy atom. The summed E-state index contributed by atoms with van der Waals surface area (Å²) < 4.78 is 0. The summed E-state index contributed by atoms with van der Waals surface area (Å²) in [6, 6.07) is 7.85. The summed E-state index contributed by atoms with van der Waals surface area (Å²) >= 11 is 5.38. The number of ketones is 1. The van der Waals surface area contributed by atoms with Crippen LogP contribution in [0.5, 0.6) is 0 Å². The molecule has 0 unspecified atom stereocenters. The first-order valence-electron chi connectivity index (χ1n) is 7.99. The third-order valence-electron chi connectivity index (χ3n) is 4.01. The topological polar surface area (TPSA) is 44.4 Å². The summed E-state index contributed by atoms with van der Waals surface area (Å²) in [6.07, 6.45) is 3.48. The SMILES string of the molecule is CCCN1CCC(NC(=S)Nc2ccc(C(C)=O)cc2)CC1. The number of carbonyl (C=O) groups excluding carboxylic acids is 1. The minimum Gasteiger partial charge on any atom is -0.360 e. The van der Waals surface area contributed by atoms with Crippen LogP contribution in [0, 0.1) is 0 Å². The summed E-state index contributed by atoms with van der Waals surface area (Å²) in [6.45, 7) is 7.26. The van der Waals surface area contributed by atoms with Gasteiger partial charge in [-0.25, -0.2) is 0 Å². The average Bonchev–Trinajstić information content (AvgIpc) is 2.50. The number of piperidine rings is 1. The molecule has 1 aliphatic heterocycles. The Morgan fingerprint density at radius 1 is 1.27 bits per heavy atom. The zero-order valence-corrected chi connectivity index (χ0v) is 14.2. The van der Waals surface area contributed by atoms with E-state index in [-0.39, 0.29) is 5.78 Å². The van der Waals surface area contributed by atoms with Gasteiger partial charge in [0.1, 0.15) is 0 Å². The molecule has 1 aliphatic rings. The van der Waals surface area contributed by atoms with E-state index in [1.165, 1.54) is 13.0 Å². The fraction of sp³-hybridized carbons (Fsp3) is 0.529. The molecule has 1 aromatic carbocycles. The highest BCUT2D eigenvalue weighted by Gasteiger charge is 2.18. The second kappa shape index (κ2) is 8.25. The molecule has 0 aliphatic carbocycles. The van der Waals surface area contributed by atoms with Crippen LogP contribution in [0.2, 0.25) is 0 Å². The van der Waals surface area contributed by atoms with Crippen molar-refractivity contribution in [3.8, 4) is 0 Å². The number of rotatable bonds is 5. The maximum Gasteiger partial charge on any atom is 0.170 e. The number of thiocarbonyl (C=S) groups is 1. The molecule has 1 saturated heterocycles. The predicted octanol–water partition coefficient (Wildman–Crippen LogP) is 3.05. The summed E-state index contributed by atoms with van der Waals surface area (Å²) in [7, 11) is 0. The molecule has 1 heterocycles. The fourth-order valence-corrected chi connectivity index (χ4v) is 3.04. The van der Waals surface area contributed by atoms with E-state index in [1.54, 1.807) is 6.92 Å². The third kappa shape index (κ3) is 5.07. The number of hydrogen-bond acceptors (Lipinski definition) is 3. The van der Waals surface area contributed by atoms with Crippen LogP contribution in [0.1, 0.15) is 43.5 Å². The van der Waals surface area contributed by atoms with Crippen LogP contribution < -0.4 is 10.6 Å². The number of likely N-dealkylation sites (tertiary alicyclic amines) is 1. The quantitative estimate of drug-likeness (QED) is 0.645. The molecule has 2 rings (SSSR count). The van der Waals surface area contributed by atoms with E-state index in [0.717, 1.165) is 31.6 Å². The standard InChI is InChI=1S/C17H25N3OS/c1-3-10-20-11-8-16(9-12-20)19-17(22)18-15-6-4-14(5-7-15)13(2)21/h4-7,16H,3,8-12H2,1-2H3,(H2,18,19,22). The van der Waals surface area contributed by atoms with Gasteiger partial charge in [-0.2, -0.15) is 0 Å². The molecule has 1 aromatic rings. The largest absolute Gasteiger partial charge is 0.360 e. The predicted molar refractivity (Wildman–Crippen MR) is 95.6 cm³/mol. The second-order valence-corrected chi connectivity index (χ2v) is 6.26. The molecule has 0 aromatic heterocycles. The minimum atomic E-state index is 0.0751. The summed E-state index contributed by atoms with van der Waals surface area (Å²) in [4.78, 5) is 13.8. The molecule has 4 nitrogen and oxygen atoms in total. The molecule has 0 saturated carbocycles. The van der Waals surface area contributed by atoms with Gasteiger partial charge in [0.2, 0.25) is 0 Å². The Balaban J connectivity index is 1.77. The molecule has 0 radical (unpaired) electrons. The van der Waals surface area contributed by atoms with Crippen LogP contribution in [-0.2, 0) is 0 Å². The van der Waals surface area contributed by atoms with Crippen LogP contribution in [0.4, 0.5) is 5.69 Å². The number of anilines is 1. The molecule has 120 valence electrons. The number of benzene rings is 1. The van der Waals surface area contributed by atoms with Crippen molar-refractivity contribution < 1.29 is 4.79 Å². The van der Waals surface area contributed by atoms with Crippen molar-refractivity contribution in [2.45, 2.75) is 39.2 Å². The highest BCUT2D eigenvalue weighted by Crippen LogP contribution is 2.12. The van der Waals surface area contributed by atoms with Gasteiger partial charge in [0.25, 0.3) is 0 Å². The Kier molecular flexibility index (Phi) is 6.34. The van der Waals surface area contributed by atoms with Gasteiger partial charge in [-0.3, -0.25) is 4.79 Å². The molecule has 1 fully saturated rings. The number of carbonyl (C=O) groups is 1. The van der Waals surface area contributed by atoms with Gasteiger partial charge in [0, 0.05) is 30.4 Å². The zero-order valence-electron chi connectivity index (χ0n) is 13.4. The lowest BCUT2D eigenvalue weighted by Gasteiger charge is -2.32. The molecular formula is C17H25N3OS. The minimum absolute atomic E-state index is 0.0751. The van der Waals surface area contributed by atoms with E-state index in [0.29, 0.717) is 16.7 Å². The van der Waals surface area contributed by atoms with Crippen LogP contribution in [0.3, 0.4) is 0 Å². The van der Waals surface area contributed by atoms with Crippen molar-refractivity contribution in [2.75, 3.05) is 25.0 Å². The van der Waals surface area contributed by atoms with Crippen LogP contribution in [-0.4, -0.2) is 41.5 Å². The lowest BCUT2D eigenvalue weighted by Crippen LogP contribution is -2.45. The lowest BCUT2D eigenvalue weighted by molar-refractivity contribution is 0.101. The van der Waals surface area contributed by atoms with Crippen molar-refractivity contribution in [2.24, 2.45) is 0 Å². The first kappa shape index (κ1) is 16.9. The first-order valence-corrected chi connectivity index (χ1v) is 8.40. The third-order valence-corrected chi connectivity index (χ3v) is 4.23. The maximum atomic E-state index is 11.3. The van der Waals surface area contributed by atoms with Crippen LogP contribution in [0.15, 0.2) is 24.3 Å². The van der Waals surface area contributed by atoms with Gasteiger partial charge in [0.15, 0.2) is 10.9 Å². The molecular weight excluding hydrogens is 294 g/mol. The van der Waals surface area contributed by atoms with E-state index >= 15 is 0 Å². The van der Waals surface area contributed by atoms with Crippen LogP contribution in [0.25, 0.3) is 0 Å². The van der Waals surface area contributed by atoms with E-state index < -0.39 is 0 Å². The molecule has 0 amide bonds. The normalized spacial score (nSPS) is 16.3. The number of nitrogens with zero attached hydrogens (tertiary/aromatic N) is 1. The molecule has 5 heteroatoms. The van der Waals surface area contributed by atoms with E-state index in [4.69, 9.17) is 12.2 Å². The fourth-order valence-electron chi connectivity index (χ4n) is 2.76. The second-order valence-electron chi connectivity index (χ2n) is 5.85. The molecule has 2 N–H and O–H groups in total. The smallest absolute Gasteiger partial charge is 0.170 e. The van der Waals surface area contributed by atoms with Crippen molar-refractivity contribution in [1.29, 1.82) is 0 Å². The van der Waals surface area contributed by atoms with Crippen molar-refractivity contribution in [3.05, 3.63) is 29.8 Å². The van der Waals surface area contributed by atoms with Gasteiger partial charge < -0.3 is 15.5 Å². The van der Waals surface area contributed by atoms with Crippen LogP contribution >= 0.6 is 12.2 Å². The lowest BCUT2D eigenvalue weighted by atomic mass is 10.1. The summed E-state index contributed by atoms with van der Waals surface area (Å²) in [5.41, 5.74) is 1.62. The van der Waals surface area contributed by atoms with Gasteiger partial charge in [-0.1, -0.05) is 6.92 Å². The van der Waals surface area contributed by atoms with Gasteiger partial charge in [-0.15, -0.1) is 0 Å². The maximum absolute atomic E-state index is 11.3. The number of hydrogen-bond donors (Lipinski definition) is 2. The van der Waals surface area contributed by atoms with E-state index in [2.05, 4.69) is 22.5 Å². The molecule has 0 atom stereocenters. The van der Waals surface area contributed by atoms with Crippen molar-refractivity contribution >= 4 is 28.8 Å². The monoisotopic (exact) mass is 319 g/mol. The Morgan fingerprint density at radius 2 is 1.91 bits per heavy atom. The van der Waals surface area contributed by atoms with E-state index in [1.807, 2.05) is 24.3 Å². The number of nitrogens with one attached hydrogen (secondary N) is 2. The molecule has 0 bridgehead atoms. The Labute approximate surface area is 138 Å². The zero-order chi connectivity index (χ0) is 15.9. The van der Waals surface area contributed by atoms with Gasteiger partial charge in [0.05, 0.1) is 0 Å². The Hall–Kier alpha value is -1.46. The van der Waals surface area contributed by atoms with Crippen molar-refractivity contribution in [3.63, 3.8) is 0 Å². The average molecular weight is 319 g/mol. The van der Waals surface area contributed by atoms with Crippen molar-refractivity contribution in [1.82, 2.24) is 10.2 Å². The van der Waals surface area contributed by atoms with Gasteiger partial charge >= 0.3 is 0 Å². The highest BCUT2D eigenvalue weighted by atomic mass is 32.1. The molecule has 22 heavy (non-hydrogen) atoms. The summed E-state index contributed by atoms with van der Waals surface area (Å²) in [5, 5.41) is 7.24. The highest BCUT2D eigenvalue weighted by molar-refractivity contribution is 7.80. The summed E-state index contributed by atoms with van der Waals surface area (Å²) in [5.74, 6) is 0.0751.